The van der Waals surface area contributed by atoms with Crippen molar-refractivity contribution >= 4 is 39.9 Å². The zero-order valence-corrected chi connectivity index (χ0v) is 15.7. The first-order chi connectivity index (χ1) is 12.7. The fourth-order valence-corrected chi connectivity index (χ4v) is 4.14. The molecule has 3 aromatic rings. The van der Waals surface area contributed by atoms with E-state index in [1.807, 2.05) is 48.5 Å². The van der Waals surface area contributed by atoms with Crippen LogP contribution in [0.25, 0.3) is 11.3 Å². The number of nitrogens with one attached hydrogen (secondary N) is 2. The summed E-state index contributed by atoms with van der Waals surface area (Å²) in [6, 6.07) is 18.7. The zero-order valence-electron chi connectivity index (χ0n) is 14.1. The van der Waals surface area contributed by atoms with Crippen molar-refractivity contribution in [3.8, 4) is 11.3 Å². The lowest BCUT2D eigenvalue weighted by atomic mass is 10.1. The van der Waals surface area contributed by atoms with E-state index in [1.165, 1.54) is 23.1 Å². The third-order valence-electron chi connectivity index (χ3n) is 3.52. The van der Waals surface area contributed by atoms with Crippen molar-refractivity contribution in [3.63, 3.8) is 0 Å². The van der Waals surface area contributed by atoms with Gasteiger partial charge in [0.05, 0.1) is 5.75 Å². The molecule has 0 fully saturated rings. The molecule has 0 atom stereocenters. The predicted molar refractivity (Wildman–Crippen MR) is 107 cm³/mol. The standard InChI is InChI=1S/C19H17N3O2S2/c1-20-15(23)12-25-19-21-16(13-8-4-2-5-9-13)18(26-19)22-17(24)14-10-6-3-7-11-14/h2-11H,12H2,1H3,(H,20,23)(H,22,24). The number of amides is 2. The molecule has 2 amide bonds. The number of nitrogens with zero attached hydrogens (tertiary/aromatic N) is 1. The number of anilines is 1. The molecule has 5 nitrogen and oxygen atoms in total. The molecule has 26 heavy (non-hydrogen) atoms. The number of thioether (sulfide) groups is 1. The normalized spacial score (nSPS) is 10.3. The van der Waals surface area contributed by atoms with Crippen molar-refractivity contribution in [1.82, 2.24) is 10.3 Å². The van der Waals surface area contributed by atoms with E-state index in [0.717, 1.165) is 9.90 Å². The summed E-state index contributed by atoms with van der Waals surface area (Å²) in [5, 5.41) is 6.21. The Morgan fingerprint density at radius 3 is 2.35 bits per heavy atom. The zero-order chi connectivity index (χ0) is 18.4. The predicted octanol–water partition coefficient (Wildman–Crippen LogP) is 3.90. The number of rotatable bonds is 6. The fraction of sp³-hybridized carbons (Fsp3) is 0.105. The first-order valence-electron chi connectivity index (χ1n) is 7.93. The summed E-state index contributed by atoms with van der Waals surface area (Å²) in [4.78, 5) is 28.6. The summed E-state index contributed by atoms with van der Waals surface area (Å²) in [7, 11) is 1.60. The summed E-state index contributed by atoms with van der Waals surface area (Å²) in [5.41, 5.74) is 2.21. The second-order valence-electron chi connectivity index (χ2n) is 5.31. The molecule has 7 heteroatoms. The van der Waals surface area contributed by atoms with E-state index in [1.54, 1.807) is 19.2 Å². The number of benzene rings is 2. The maximum absolute atomic E-state index is 12.5. The molecular weight excluding hydrogens is 366 g/mol. The summed E-state index contributed by atoms with van der Waals surface area (Å²) < 4.78 is 0.732. The molecule has 0 aliphatic heterocycles. The van der Waals surface area contributed by atoms with E-state index in [-0.39, 0.29) is 17.6 Å². The molecule has 2 N–H and O–H groups in total. The highest BCUT2D eigenvalue weighted by atomic mass is 32.2. The Bertz CT molecular complexity index is 896. The average molecular weight is 383 g/mol. The van der Waals surface area contributed by atoms with Crippen LogP contribution in [-0.2, 0) is 4.79 Å². The molecule has 0 saturated heterocycles. The van der Waals surface area contributed by atoms with Crippen molar-refractivity contribution in [2.75, 3.05) is 18.1 Å². The van der Waals surface area contributed by atoms with Crippen LogP contribution in [0.1, 0.15) is 10.4 Å². The molecule has 0 unspecified atom stereocenters. The van der Waals surface area contributed by atoms with Crippen molar-refractivity contribution in [3.05, 3.63) is 66.2 Å². The van der Waals surface area contributed by atoms with Gasteiger partial charge in [0.25, 0.3) is 5.91 Å². The van der Waals surface area contributed by atoms with Gasteiger partial charge in [-0.1, -0.05) is 71.6 Å². The molecule has 0 radical (unpaired) electrons. The van der Waals surface area contributed by atoms with E-state index >= 15 is 0 Å². The lowest BCUT2D eigenvalue weighted by Crippen LogP contribution is -2.19. The van der Waals surface area contributed by atoms with Crippen molar-refractivity contribution in [2.24, 2.45) is 0 Å². The third kappa shape index (κ3) is 4.50. The smallest absolute Gasteiger partial charge is 0.256 e. The summed E-state index contributed by atoms with van der Waals surface area (Å²) in [6.07, 6.45) is 0. The number of thiazole rings is 1. The first kappa shape index (κ1) is 18.2. The van der Waals surface area contributed by atoms with Crippen LogP contribution in [-0.4, -0.2) is 29.6 Å². The van der Waals surface area contributed by atoms with Gasteiger partial charge >= 0.3 is 0 Å². The Morgan fingerprint density at radius 2 is 1.69 bits per heavy atom. The van der Waals surface area contributed by atoms with Crippen molar-refractivity contribution < 1.29 is 9.59 Å². The number of carbonyl (C=O) groups is 2. The van der Waals surface area contributed by atoms with Crippen LogP contribution < -0.4 is 10.6 Å². The molecule has 0 spiro atoms. The SMILES string of the molecule is CNC(=O)CSc1nc(-c2ccccc2)c(NC(=O)c2ccccc2)s1. The molecule has 0 bridgehead atoms. The van der Waals surface area contributed by atoms with E-state index in [0.29, 0.717) is 16.3 Å². The van der Waals surface area contributed by atoms with Gasteiger partial charge in [-0.05, 0) is 12.1 Å². The molecule has 0 aliphatic rings. The van der Waals surface area contributed by atoms with Gasteiger partial charge in [-0.2, -0.15) is 0 Å². The van der Waals surface area contributed by atoms with Crippen LogP contribution in [0.3, 0.4) is 0 Å². The second kappa shape index (κ2) is 8.64. The molecule has 1 aromatic heterocycles. The highest BCUT2D eigenvalue weighted by molar-refractivity contribution is 8.01. The third-order valence-corrected chi connectivity index (χ3v) is 5.64. The number of hydrogen-bond acceptors (Lipinski definition) is 5. The van der Waals surface area contributed by atoms with Gasteiger partial charge in [-0.15, -0.1) is 0 Å². The van der Waals surface area contributed by atoms with Gasteiger partial charge in [-0.25, -0.2) is 4.98 Å². The molecule has 0 aliphatic carbocycles. The number of aromatic nitrogens is 1. The van der Waals surface area contributed by atoms with Crippen LogP contribution >= 0.6 is 23.1 Å². The minimum atomic E-state index is -0.186. The molecule has 3 rings (SSSR count). The van der Waals surface area contributed by atoms with Gasteiger partial charge in [0.1, 0.15) is 10.7 Å². The monoisotopic (exact) mass is 383 g/mol. The lowest BCUT2D eigenvalue weighted by Gasteiger charge is -2.05. The highest BCUT2D eigenvalue weighted by Gasteiger charge is 2.17. The minimum absolute atomic E-state index is 0.0682. The first-order valence-corrected chi connectivity index (χ1v) is 9.73. The second-order valence-corrected chi connectivity index (χ2v) is 7.53. The molecule has 0 saturated carbocycles. The Kier molecular flexibility index (Phi) is 6.04. The summed E-state index contributed by atoms with van der Waals surface area (Å²) in [5.74, 6) is 0.0280. The van der Waals surface area contributed by atoms with E-state index in [9.17, 15) is 9.59 Å². The van der Waals surface area contributed by atoms with Crippen LogP contribution in [0.15, 0.2) is 65.0 Å². The number of carbonyl (C=O) groups excluding carboxylic acids is 2. The van der Waals surface area contributed by atoms with E-state index in [2.05, 4.69) is 15.6 Å². The molecular formula is C19H17N3O2S2. The summed E-state index contributed by atoms with van der Waals surface area (Å²) in [6.45, 7) is 0. The van der Waals surface area contributed by atoms with E-state index < -0.39 is 0 Å². The van der Waals surface area contributed by atoms with Gasteiger partial charge in [-0.3, -0.25) is 9.59 Å². The van der Waals surface area contributed by atoms with Crippen LogP contribution in [0, 0.1) is 0 Å². The van der Waals surface area contributed by atoms with Crippen LogP contribution in [0.4, 0.5) is 5.00 Å². The largest absolute Gasteiger partial charge is 0.358 e. The Balaban J connectivity index is 1.88. The van der Waals surface area contributed by atoms with Crippen molar-refractivity contribution in [2.45, 2.75) is 4.34 Å². The topological polar surface area (TPSA) is 71.1 Å². The molecule has 1 heterocycles. The molecule has 132 valence electrons. The van der Waals surface area contributed by atoms with Crippen LogP contribution in [0.2, 0.25) is 0 Å². The Hall–Kier alpha value is -2.64. The van der Waals surface area contributed by atoms with Crippen LogP contribution in [0.5, 0.6) is 0 Å². The lowest BCUT2D eigenvalue weighted by molar-refractivity contribution is -0.118. The quantitative estimate of drug-likeness (QED) is 0.633. The average Bonchev–Trinajstić information content (AvgIpc) is 3.10. The van der Waals surface area contributed by atoms with Gasteiger partial charge in [0.2, 0.25) is 5.91 Å². The summed E-state index contributed by atoms with van der Waals surface area (Å²) >= 11 is 2.72. The maximum atomic E-state index is 12.5. The van der Waals surface area contributed by atoms with Gasteiger partial charge < -0.3 is 10.6 Å². The highest BCUT2D eigenvalue weighted by Crippen LogP contribution is 2.37. The molecule has 2 aromatic carbocycles. The van der Waals surface area contributed by atoms with E-state index in [4.69, 9.17) is 0 Å². The van der Waals surface area contributed by atoms with Crippen molar-refractivity contribution in [1.29, 1.82) is 0 Å². The number of hydrogen-bond donors (Lipinski definition) is 2. The Labute approximate surface area is 159 Å². The fourth-order valence-electron chi connectivity index (χ4n) is 2.20. The Morgan fingerprint density at radius 1 is 1.04 bits per heavy atom. The maximum Gasteiger partial charge on any atom is 0.256 e. The van der Waals surface area contributed by atoms with Gasteiger partial charge in [0.15, 0.2) is 4.34 Å². The van der Waals surface area contributed by atoms with Gasteiger partial charge in [0, 0.05) is 18.2 Å². The minimum Gasteiger partial charge on any atom is -0.358 e.